The average Bonchev–Trinajstić information content (AvgIpc) is 3.22. The smallest absolute Gasteiger partial charge is 0.219 e. The Morgan fingerprint density at radius 1 is 1.07 bits per heavy atom. The topological polar surface area (TPSA) is 74.3 Å². The van der Waals surface area contributed by atoms with E-state index in [9.17, 15) is 5.11 Å². The van der Waals surface area contributed by atoms with E-state index >= 15 is 0 Å². The van der Waals surface area contributed by atoms with Crippen molar-refractivity contribution in [3.8, 4) is 22.9 Å². The van der Waals surface area contributed by atoms with Crippen molar-refractivity contribution in [3.05, 3.63) is 72.6 Å². The molecule has 4 aromatic rings. The molecule has 0 radical (unpaired) electrons. The summed E-state index contributed by atoms with van der Waals surface area (Å²) in [6.07, 6.45) is 3.48. The minimum absolute atomic E-state index is 0.534. The molecule has 2 aromatic carbocycles. The monoisotopic (exact) mass is 386 g/mol. The van der Waals surface area contributed by atoms with Crippen LogP contribution in [0.2, 0.25) is 0 Å². The normalized spacial score (nSPS) is 15.9. The molecule has 6 heteroatoms. The first-order chi connectivity index (χ1) is 14.0. The number of aromatic amines is 1. The van der Waals surface area contributed by atoms with Crippen LogP contribution in [0.25, 0.3) is 22.0 Å². The Kier molecular flexibility index (Phi) is 4.30. The van der Waals surface area contributed by atoms with Gasteiger partial charge in [-0.05, 0) is 53.6 Å². The predicted molar refractivity (Wildman–Crippen MR) is 112 cm³/mol. The van der Waals surface area contributed by atoms with Crippen LogP contribution in [0.1, 0.15) is 12.5 Å². The molecular weight excluding hydrogens is 364 g/mol. The van der Waals surface area contributed by atoms with Gasteiger partial charge in [-0.2, -0.15) is 5.10 Å². The Balaban J connectivity index is 1.29. The fraction of sp³-hybridized carbons (Fsp3) is 0.217. The molecular formula is C23H22N4O2. The van der Waals surface area contributed by atoms with Crippen LogP contribution >= 0.6 is 0 Å². The van der Waals surface area contributed by atoms with Crippen LogP contribution in [0.4, 0.5) is 0 Å². The first kappa shape index (κ1) is 17.8. The summed E-state index contributed by atoms with van der Waals surface area (Å²) in [5.74, 6) is 1.31. The summed E-state index contributed by atoms with van der Waals surface area (Å²) < 4.78 is 5.93. The van der Waals surface area contributed by atoms with E-state index in [4.69, 9.17) is 4.74 Å². The lowest BCUT2D eigenvalue weighted by Crippen LogP contribution is -2.59. The number of rotatable bonds is 5. The SMILES string of the molecule is CC1(O)CN(Cc2ccc3cc(Oc4ccc(-c5ccn[nH]5)cn4)ccc3c2)C1. The number of β-amino-alcohol motifs (C(OH)–C–C–N with tert-alkyl or cyclic N) is 1. The quantitative estimate of drug-likeness (QED) is 0.543. The van der Waals surface area contributed by atoms with Gasteiger partial charge in [0.2, 0.25) is 5.88 Å². The van der Waals surface area contributed by atoms with Crippen molar-refractivity contribution in [1.29, 1.82) is 0 Å². The number of benzene rings is 2. The van der Waals surface area contributed by atoms with Gasteiger partial charge in [-0.25, -0.2) is 4.98 Å². The fourth-order valence-corrected chi connectivity index (χ4v) is 3.86. The summed E-state index contributed by atoms with van der Waals surface area (Å²) in [7, 11) is 0. The molecule has 146 valence electrons. The van der Waals surface area contributed by atoms with Crippen molar-refractivity contribution >= 4 is 10.8 Å². The van der Waals surface area contributed by atoms with Crippen molar-refractivity contribution in [2.75, 3.05) is 13.1 Å². The first-order valence-corrected chi connectivity index (χ1v) is 9.65. The lowest BCUT2D eigenvalue weighted by atomic mass is 9.96. The van der Waals surface area contributed by atoms with Gasteiger partial charge in [0.25, 0.3) is 0 Å². The molecule has 0 unspecified atom stereocenters. The molecule has 2 N–H and O–H groups in total. The third-order valence-electron chi connectivity index (χ3n) is 5.18. The van der Waals surface area contributed by atoms with Gasteiger partial charge >= 0.3 is 0 Å². The molecule has 1 saturated heterocycles. The summed E-state index contributed by atoms with van der Waals surface area (Å²) in [5, 5.41) is 19.1. The zero-order chi connectivity index (χ0) is 19.8. The fourth-order valence-electron chi connectivity index (χ4n) is 3.86. The first-order valence-electron chi connectivity index (χ1n) is 9.65. The van der Waals surface area contributed by atoms with Crippen molar-refractivity contribution in [3.63, 3.8) is 0 Å². The van der Waals surface area contributed by atoms with Gasteiger partial charge in [0.05, 0.1) is 11.3 Å². The van der Waals surface area contributed by atoms with Gasteiger partial charge in [-0.1, -0.05) is 18.2 Å². The summed E-state index contributed by atoms with van der Waals surface area (Å²) in [6, 6.07) is 18.2. The van der Waals surface area contributed by atoms with E-state index in [2.05, 4.69) is 44.3 Å². The Morgan fingerprint density at radius 2 is 1.90 bits per heavy atom. The molecule has 2 aromatic heterocycles. The largest absolute Gasteiger partial charge is 0.439 e. The van der Waals surface area contributed by atoms with Crippen LogP contribution in [-0.4, -0.2) is 43.9 Å². The summed E-state index contributed by atoms with van der Waals surface area (Å²) in [5.41, 5.74) is 2.60. The van der Waals surface area contributed by atoms with Crippen LogP contribution in [0.15, 0.2) is 67.0 Å². The zero-order valence-corrected chi connectivity index (χ0v) is 16.2. The molecule has 0 atom stereocenters. The molecule has 0 amide bonds. The number of aromatic nitrogens is 3. The molecule has 6 nitrogen and oxygen atoms in total. The number of fused-ring (bicyclic) bond motifs is 1. The maximum absolute atomic E-state index is 9.88. The van der Waals surface area contributed by atoms with E-state index in [1.54, 1.807) is 12.4 Å². The number of pyridine rings is 1. The maximum atomic E-state index is 9.88. The van der Waals surface area contributed by atoms with Gasteiger partial charge in [-0.3, -0.25) is 10.00 Å². The van der Waals surface area contributed by atoms with Crippen LogP contribution < -0.4 is 4.74 Å². The highest BCUT2D eigenvalue weighted by Crippen LogP contribution is 2.28. The number of hydrogen-bond donors (Lipinski definition) is 2. The van der Waals surface area contributed by atoms with E-state index in [-0.39, 0.29) is 0 Å². The zero-order valence-electron chi connectivity index (χ0n) is 16.2. The summed E-state index contributed by atoms with van der Waals surface area (Å²) in [6.45, 7) is 4.19. The van der Waals surface area contributed by atoms with Crippen molar-refractivity contribution in [2.45, 2.75) is 19.1 Å². The average molecular weight is 386 g/mol. The molecule has 0 aliphatic carbocycles. The van der Waals surface area contributed by atoms with Crippen LogP contribution in [0.3, 0.4) is 0 Å². The maximum Gasteiger partial charge on any atom is 0.219 e. The number of ether oxygens (including phenoxy) is 1. The highest BCUT2D eigenvalue weighted by Gasteiger charge is 2.35. The minimum atomic E-state index is -0.534. The molecule has 3 heterocycles. The summed E-state index contributed by atoms with van der Waals surface area (Å²) in [4.78, 5) is 6.64. The van der Waals surface area contributed by atoms with Crippen molar-refractivity contribution in [1.82, 2.24) is 20.1 Å². The van der Waals surface area contributed by atoms with Gasteiger partial charge in [0.15, 0.2) is 0 Å². The van der Waals surface area contributed by atoms with Crippen LogP contribution in [-0.2, 0) is 6.54 Å². The van der Waals surface area contributed by atoms with Gasteiger partial charge in [0.1, 0.15) is 5.75 Å². The lowest BCUT2D eigenvalue weighted by Gasteiger charge is -2.44. The second kappa shape index (κ2) is 6.99. The molecule has 0 bridgehead atoms. The van der Waals surface area contributed by atoms with E-state index < -0.39 is 5.60 Å². The predicted octanol–water partition coefficient (Wildman–Crippen LogP) is 3.98. The number of likely N-dealkylation sites (tertiary alicyclic amines) is 1. The van der Waals surface area contributed by atoms with E-state index in [0.29, 0.717) is 5.88 Å². The van der Waals surface area contributed by atoms with Gasteiger partial charge < -0.3 is 9.84 Å². The van der Waals surface area contributed by atoms with Gasteiger partial charge in [-0.15, -0.1) is 0 Å². The number of nitrogens with one attached hydrogen (secondary N) is 1. The minimum Gasteiger partial charge on any atom is -0.439 e. The highest BCUT2D eigenvalue weighted by molar-refractivity contribution is 5.84. The Hall–Kier alpha value is -3.22. The third-order valence-corrected chi connectivity index (χ3v) is 5.18. The summed E-state index contributed by atoms with van der Waals surface area (Å²) >= 11 is 0. The molecule has 1 fully saturated rings. The van der Waals surface area contributed by atoms with E-state index in [0.717, 1.165) is 42.0 Å². The van der Waals surface area contributed by atoms with E-state index in [1.807, 2.05) is 37.3 Å². The number of aliphatic hydroxyl groups is 1. The number of H-pyrrole nitrogens is 1. The molecule has 1 aliphatic heterocycles. The molecule has 5 rings (SSSR count). The Bertz CT molecular complexity index is 1130. The second-order valence-electron chi connectivity index (χ2n) is 7.94. The third kappa shape index (κ3) is 3.85. The number of nitrogens with zero attached hydrogens (tertiary/aromatic N) is 3. The second-order valence-corrected chi connectivity index (χ2v) is 7.94. The lowest BCUT2D eigenvalue weighted by molar-refractivity contribution is -0.0871. The highest BCUT2D eigenvalue weighted by atomic mass is 16.5. The Labute approximate surface area is 168 Å². The van der Waals surface area contributed by atoms with Crippen molar-refractivity contribution in [2.24, 2.45) is 0 Å². The number of hydrogen-bond acceptors (Lipinski definition) is 5. The van der Waals surface area contributed by atoms with Crippen LogP contribution in [0, 0.1) is 0 Å². The molecule has 0 spiro atoms. The van der Waals surface area contributed by atoms with E-state index in [1.165, 1.54) is 10.9 Å². The van der Waals surface area contributed by atoms with Gasteiger partial charge in [0, 0.05) is 43.7 Å². The van der Waals surface area contributed by atoms with Crippen molar-refractivity contribution < 1.29 is 9.84 Å². The molecule has 1 aliphatic rings. The molecule has 29 heavy (non-hydrogen) atoms. The molecule has 0 saturated carbocycles. The Morgan fingerprint density at radius 3 is 2.62 bits per heavy atom. The standard InChI is InChI=1S/C23H22N4O2/c1-23(28)14-27(15-23)13-16-2-3-18-11-20(6-4-17(18)10-16)29-22-7-5-19(12-24-22)21-8-9-25-26-21/h2-12,28H,13-15H2,1H3,(H,25,26). The van der Waals surface area contributed by atoms with Crippen LogP contribution in [0.5, 0.6) is 11.6 Å².